The summed E-state index contributed by atoms with van der Waals surface area (Å²) in [6.45, 7) is 5.10. The first-order valence-corrected chi connectivity index (χ1v) is 8.52. The van der Waals surface area contributed by atoms with Gasteiger partial charge in [-0.15, -0.1) is 5.10 Å². The Morgan fingerprint density at radius 3 is 2.62 bits per heavy atom. The molecule has 1 spiro atoms. The molecule has 1 aromatic heterocycles. The molecule has 8 nitrogen and oxygen atoms in total. The first kappa shape index (κ1) is 16.9. The standard InChI is InChI=1S/C16H25N5O3/c1-11(2)18-14(22)12-4-5-16(24-12)6-8-21(9-7-16)15(23)13-17-10-20(3)19-13/h10-12H,4-9H2,1-3H3,(H,18,22). The van der Waals surface area contributed by atoms with Crippen LogP contribution in [0.15, 0.2) is 6.33 Å². The van der Waals surface area contributed by atoms with E-state index in [-0.39, 0.29) is 35.4 Å². The second-order valence-electron chi connectivity index (χ2n) is 7.03. The monoisotopic (exact) mass is 335 g/mol. The van der Waals surface area contributed by atoms with Crippen molar-refractivity contribution >= 4 is 11.8 Å². The Balaban J connectivity index is 1.55. The number of amides is 2. The number of likely N-dealkylation sites (tertiary alicyclic amines) is 1. The predicted molar refractivity (Wildman–Crippen MR) is 86.3 cm³/mol. The van der Waals surface area contributed by atoms with Crippen LogP contribution in [0.3, 0.4) is 0 Å². The van der Waals surface area contributed by atoms with E-state index in [4.69, 9.17) is 4.74 Å². The summed E-state index contributed by atoms with van der Waals surface area (Å²) in [4.78, 5) is 30.3. The summed E-state index contributed by atoms with van der Waals surface area (Å²) in [7, 11) is 1.74. The molecule has 1 atom stereocenters. The van der Waals surface area contributed by atoms with Crippen molar-refractivity contribution in [2.45, 2.75) is 57.3 Å². The zero-order chi connectivity index (χ0) is 17.3. The van der Waals surface area contributed by atoms with Gasteiger partial charge in [-0.25, -0.2) is 4.98 Å². The molecule has 2 saturated heterocycles. The average molecular weight is 335 g/mol. The number of aromatic nitrogens is 3. The smallest absolute Gasteiger partial charge is 0.293 e. The quantitative estimate of drug-likeness (QED) is 0.868. The highest BCUT2D eigenvalue weighted by Gasteiger charge is 2.45. The van der Waals surface area contributed by atoms with Gasteiger partial charge in [-0.1, -0.05) is 0 Å². The molecule has 132 valence electrons. The fourth-order valence-corrected chi connectivity index (χ4v) is 3.44. The summed E-state index contributed by atoms with van der Waals surface area (Å²) in [6.07, 6.45) is 4.26. The number of hydrogen-bond acceptors (Lipinski definition) is 5. The van der Waals surface area contributed by atoms with Crippen LogP contribution in [0.2, 0.25) is 0 Å². The van der Waals surface area contributed by atoms with E-state index in [1.807, 2.05) is 13.8 Å². The average Bonchev–Trinajstić information content (AvgIpc) is 3.14. The summed E-state index contributed by atoms with van der Waals surface area (Å²) in [5.74, 6) is 0.0607. The molecule has 1 aromatic rings. The Bertz CT molecular complexity index is 619. The number of nitrogens with one attached hydrogen (secondary N) is 1. The SMILES string of the molecule is CC(C)NC(=O)C1CCC2(CCN(C(=O)c3ncn(C)n3)CC2)O1. The Labute approximate surface area is 141 Å². The molecule has 2 aliphatic rings. The minimum absolute atomic E-state index is 0.0296. The van der Waals surface area contributed by atoms with Crippen molar-refractivity contribution in [3.8, 4) is 0 Å². The minimum atomic E-state index is -0.368. The molecule has 1 N–H and O–H groups in total. The molecule has 1 unspecified atom stereocenters. The molecule has 8 heteroatoms. The maximum absolute atomic E-state index is 12.4. The second-order valence-corrected chi connectivity index (χ2v) is 7.03. The van der Waals surface area contributed by atoms with Crippen LogP contribution in [0.25, 0.3) is 0 Å². The molecule has 0 aromatic carbocycles. The van der Waals surface area contributed by atoms with E-state index in [1.54, 1.807) is 11.9 Å². The number of hydrogen-bond donors (Lipinski definition) is 1. The number of carbonyl (C=O) groups excluding carboxylic acids is 2. The summed E-state index contributed by atoms with van der Waals surface area (Å²) < 4.78 is 7.63. The molecular weight excluding hydrogens is 310 g/mol. The minimum Gasteiger partial charge on any atom is -0.362 e. The molecule has 2 amide bonds. The van der Waals surface area contributed by atoms with Crippen LogP contribution < -0.4 is 5.32 Å². The lowest BCUT2D eigenvalue weighted by Crippen LogP contribution is -2.48. The van der Waals surface area contributed by atoms with Gasteiger partial charge in [0.1, 0.15) is 12.4 Å². The summed E-state index contributed by atoms with van der Waals surface area (Å²) >= 11 is 0. The number of nitrogens with zero attached hydrogens (tertiary/aromatic N) is 4. The molecule has 0 saturated carbocycles. The first-order valence-electron chi connectivity index (χ1n) is 8.52. The topological polar surface area (TPSA) is 89.4 Å². The number of ether oxygens (including phenoxy) is 1. The van der Waals surface area contributed by atoms with Gasteiger partial charge in [-0.3, -0.25) is 14.3 Å². The van der Waals surface area contributed by atoms with Crippen molar-refractivity contribution in [1.82, 2.24) is 25.0 Å². The van der Waals surface area contributed by atoms with E-state index in [0.717, 1.165) is 25.7 Å². The zero-order valence-electron chi connectivity index (χ0n) is 14.5. The third-order valence-electron chi connectivity index (χ3n) is 4.73. The molecule has 2 aliphatic heterocycles. The summed E-state index contributed by atoms with van der Waals surface area (Å²) in [6, 6.07) is 0.114. The fourth-order valence-electron chi connectivity index (χ4n) is 3.44. The van der Waals surface area contributed by atoms with Crippen LogP contribution in [-0.4, -0.2) is 62.3 Å². The van der Waals surface area contributed by atoms with Gasteiger partial charge in [0.05, 0.1) is 5.60 Å². The van der Waals surface area contributed by atoms with Gasteiger partial charge in [0.2, 0.25) is 11.7 Å². The van der Waals surface area contributed by atoms with Crippen molar-refractivity contribution < 1.29 is 14.3 Å². The van der Waals surface area contributed by atoms with E-state index in [0.29, 0.717) is 13.1 Å². The van der Waals surface area contributed by atoms with Crippen molar-refractivity contribution in [3.63, 3.8) is 0 Å². The van der Waals surface area contributed by atoms with E-state index in [2.05, 4.69) is 15.4 Å². The molecule has 3 heterocycles. The van der Waals surface area contributed by atoms with Gasteiger partial charge in [-0.2, -0.15) is 0 Å². The van der Waals surface area contributed by atoms with Crippen LogP contribution in [-0.2, 0) is 16.6 Å². The van der Waals surface area contributed by atoms with E-state index < -0.39 is 0 Å². The summed E-state index contributed by atoms with van der Waals surface area (Å²) in [5, 5.41) is 6.98. The van der Waals surface area contributed by atoms with Gasteiger partial charge in [0.15, 0.2) is 0 Å². The fraction of sp³-hybridized carbons (Fsp3) is 0.750. The lowest BCUT2D eigenvalue weighted by molar-refractivity contribution is -0.140. The van der Waals surface area contributed by atoms with Crippen LogP contribution in [0.4, 0.5) is 0 Å². The molecule has 0 aliphatic carbocycles. The molecule has 0 bridgehead atoms. The van der Waals surface area contributed by atoms with Gasteiger partial charge in [-0.05, 0) is 39.5 Å². The van der Waals surface area contributed by atoms with Crippen LogP contribution in [0.1, 0.15) is 50.1 Å². The maximum Gasteiger partial charge on any atom is 0.293 e. The van der Waals surface area contributed by atoms with Gasteiger partial charge >= 0.3 is 0 Å². The van der Waals surface area contributed by atoms with Gasteiger partial charge in [0.25, 0.3) is 5.91 Å². The Morgan fingerprint density at radius 1 is 1.33 bits per heavy atom. The molecule has 24 heavy (non-hydrogen) atoms. The van der Waals surface area contributed by atoms with Gasteiger partial charge < -0.3 is 15.0 Å². The highest BCUT2D eigenvalue weighted by molar-refractivity contribution is 5.90. The molecule has 2 fully saturated rings. The third kappa shape index (κ3) is 3.43. The van der Waals surface area contributed by atoms with Crippen molar-refractivity contribution in [2.75, 3.05) is 13.1 Å². The molecular formula is C16H25N5O3. The van der Waals surface area contributed by atoms with Gasteiger partial charge in [0, 0.05) is 26.2 Å². The first-order chi connectivity index (χ1) is 11.4. The number of rotatable bonds is 3. The van der Waals surface area contributed by atoms with Crippen LogP contribution in [0, 0.1) is 0 Å². The Morgan fingerprint density at radius 2 is 2.04 bits per heavy atom. The van der Waals surface area contributed by atoms with E-state index in [1.165, 1.54) is 11.0 Å². The van der Waals surface area contributed by atoms with Crippen LogP contribution >= 0.6 is 0 Å². The highest BCUT2D eigenvalue weighted by atomic mass is 16.5. The van der Waals surface area contributed by atoms with Crippen molar-refractivity contribution in [1.29, 1.82) is 0 Å². The lowest BCUT2D eigenvalue weighted by atomic mass is 9.88. The normalized spacial score (nSPS) is 23.0. The van der Waals surface area contributed by atoms with E-state index in [9.17, 15) is 9.59 Å². The van der Waals surface area contributed by atoms with Crippen molar-refractivity contribution in [3.05, 3.63) is 12.2 Å². The third-order valence-corrected chi connectivity index (χ3v) is 4.73. The molecule has 3 rings (SSSR count). The Hall–Kier alpha value is -1.96. The lowest BCUT2D eigenvalue weighted by Gasteiger charge is -2.38. The largest absolute Gasteiger partial charge is 0.362 e. The predicted octanol–water partition coefficient (Wildman–Crippen LogP) is 0.494. The van der Waals surface area contributed by atoms with Crippen molar-refractivity contribution in [2.24, 2.45) is 7.05 Å². The van der Waals surface area contributed by atoms with E-state index >= 15 is 0 Å². The highest BCUT2D eigenvalue weighted by Crippen LogP contribution is 2.39. The number of aryl methyl sites for hydroxylation is 1. The molecule has 0 radical (unpaired) electrons. The second kappa shape index (κ2) is 6.51. The maximum atomic E-state index is 12.4. The summed E-state index contributed by atoms with van der Waals surface area (Å²) in [5.41, 5.74) is -0.271. The Kier molecular flexibility index (Phi) is 4.58. The number of carbonyl (C=O) groups is 2. The number of piperidine rings is 1. The zero-order valence-corrected chi connectivity index (χ0v) is 14.5. The van der Waals surface area contributed by atoms with Crippen LogP contribution in [0.5, 0.6) is 0 Å².